The number of fused-ring (bicyclic) bond motifs is 1. The maximum atomic E-state index is 10.4. The molecule has 3 heterocycles. The molecule has 1 aromatic carbocycles. The number of aliphatic hydroxyl groups is 1. The molecule has 0 aliphatic carbocycles. The summed E-state index contributed by atoms with van der Waals surface area (Å²) >= 11 is 0. The van der Waals surface area contributed by atoms with E-state index in [0.29, 0.717) is 19.1 Å². The molecule has 1 fully saturated rings. The third-order valence-corrected chi connectivity index (χ3v) is 4.95. The van der Waals surface area contributed by atoms with Crippen molar-refractivity contribution in [1.82, 2.24) is 24.2 Å². The SMILES string of the molecule is Cc1cc2ncn(C[C@@H](O)CN3CC(n4cccn4)C3)c2cc1C. The topological polar surface area (TPSA) is 59.1 Å². The van der Waals surface area contributed by atoms with Crippen molar-refractivity contribution >= 4 is 11.0 Å². The van der Waals surface area contributed by atoms with Gasteiger partial charge in [0.2, 0.25) is 0 Å². The molecular formula is C18H23N5O. The van der Waals surface area contributed by atoms with Gasteiger partial charge in [0.05, 0.1) is 36.1 Å². The zero-order valence-corrected chi connectivity index (χ0v) is 14.1. The van der Waals surface area contributed by atoms with Gasteiger partial charge in [0.1, 0.15) is 0 Å². The van der Waals surface area contributed by atoms with E-state index in [2.05, 4.69) is 45.5 Å². The average molecular weight is 325 g/mol. The van der Waals surface area contributed by atoms with Crippen molar-refractivity contribution in [2.45, 2.75) is 32.5 Å². The van der Waals surface area contributed by atoms with Crippen LogP contribution in [0.4, 0.5) is 0 Å². The Balaban J connectivity index is 1.37. The second-order valence-corrected chi connectivity index (χ2v) is 6.83. The van der Waals surface area contributed by atoms with E-state index in [-0.39, 0.29) is 0 Å². The maximum Gasteiger partial charge on any atom is 0.0959 e. The first-order chi connectivity index (χ1) is 11.6. The van der Waals surface area contributed by atoms with Crippen molar-refractivity contribution in [2.24, 2.45) is 0 Å². The van der Waals surface area contributed by atoms with E-state index in [1.54, 1.807) is 0 Å². The quantitative estimate of drug-likeness (QED) is 0.777. The predicted molar refractivity (Wildman–Crippen MR) is 92.9 cm³/mol. The third kappa shape index (κ3) is 2.83. The zero-order valence-electron chi connectivity index (χ0n) is 14.1. The Morgan fingerprint density at radius 3 is 2.75 bits per heavy atom. The van der Waals surface area contributed by atoms with Crippen molar-refractivity contribution in [3.8, 4) is 0 Å². The van der Waals surface area contributed by atoms with Gasteiger partial charge in [-0.15, -0.1) is 0 Å². The fourth-order valence-electron chi connectivity index (χ4n) is 3.40. The minimum absolute atomic E-state index is 0.400. The molecule has 1 atom stereocenters. The summed E-state index contributed by atoms with van der Waals surface area (Å²) in [5.41, 5.74) is 4.59. The predicted octanol–water partition coefficient (Wildman–Crippen LogP) is 1.77. The summed E-state index contributed by atoms with van der Waals surface area (Å²) in [6.07, 6.45) is 5.24. The van der Waals surface area contributed by atoms with Gasteiger partial charge in [0, 0.05) is 32.0 Å². The molecule has 0 unspecified atom stereocenters. The van der Waals surface area contributed by atoms with Crippen LogP contribution in [-0.4, -0.2) is 55.1 Å². The van der Waals surface area contributed by atoms with Gasteiger partial charge in [0.25, 0.3) is 0 Å². The Morgan fingerprint density at radius 1 is 1.21 bits per heavy atom. The average Bonchev–Trinajstić information content (AvgIpc) is 3.14. The smallest absolute Gasteiger partial charge is 0.0959 e. The number of nitrogens with zero attached hydrogens (tertiary/aromatic N) is 5. The number of hydrogen-bond donors (Lipinski definition) is 1. The fraction of sp³-hybridized carbons (Fsp3) is 0.444. The monoisotopic (exact) mass is 325 g/mol. The first-order valence-corrected chi connectivity index (χ1v) is 8.42. The Kier molecular flexibility index (Phi) is 3.86. The van der Waals surface area contributed by atoms with Crippen LogP contribution in [0.2, 0.25) is 0 Å². The van der Waals surface area contributed by atoms with Gasteiger partial charge in [0.15, 0.2) is 0 Å². The molecule has 0 amide bonds. The van der Waals surface area contributed by atoms with Crippen LogP contribution in [0.3, 0.4) is 0 Å². The van der Waals surface area contributed by atoms with Crippen LogP contribution < -0.4 is 0 Å². The highest BCUT2D eigenvalue weighted by Crippen LogP contribution is 2.21. The number of hydrogen-bond acceptors (Lipinski definition) is 4. The maximum absolute atomic E-state index is 10.4. The van der Waals surface area contributed by atoms with Crippen LogP contribution in [0, 0.1) is 13.8 Å². The van der Waals surface area contributed by atoms with Crippen molar-refractivity contribution < 1.29 is 5.11 Å². The molecule has 3 aromatic rings. The number of likely N-dealkylation sites (tertiary alicyclic amines) is 1. The lowest BCUT2D eigenvalue weighted by Gasteiger charge is -2.40. The van der Waals surface area contributed by atoms with Crippen LogP contribution >= 0.6 is 0 Å². The molecule has 1 aliphatic heterocycles. The summed E-state index contributed by atoms with van der Waals surface area (Å²) in [5.74, 6) is 0. The molecule has 1 aliphatic rings. The second-order valence-electron chi connectivity index (χ2n) is 6.83. The molecule has 0 spiro atoms. The summed E-state index contributed by atoms with van der Waals surface area (Å²) in [7, 11) is 0. The molecule has 0 saturated carbocycles. The van der Waals surface area contributed by atoms with E-state index in [0.717, 1.165) is 24.1 Å². The van der Waals surface area contributed by atoms with E-state index in [4.69, 9.17) is 0 Å². The van der Waals surface area contributed by atoms with Crippen molar-refractivity contribution in [2.75, 3.05) is 19.6 Å². The van der Waals surface area contributed by atoms with E-state index in [1.807, 2.05) is 29.5 Å². The minimum Gasteiger partial charge on any atom is -0.390 e. The molecule has 6 nitrogen and oxygen atoms in total. The first kappa shape index (κ1) is 15.4. The summed E-state index contributed by atoms with van der Waals surface area (Å²) < 4.78 is 4.05. The standard InChI is InChI=1S/C18H23N5O/c1-13-6-17-18(7-14(13)2)22(12-19-17)11-16(24)10-21-8-15(9-21)23-5-3-4-20-23/h3-7,12,15-16,24H,8-11H2,1-2H3/t16-/m0/s1. The molecule has 2 aromatic heterocycles. The molecule has 1 N–H and O–H groups in total. The van der Waals surface area contributed by atoms with Crippen molar-refractivity contribution in [1.29, 1.82) is 0 Å². The van der Waals surface area contributed by atoms with Gasteiger partial charge in [-0.25, -0.2) is 4.98 Å². The van der Waals surface area contributed by atoms with Crippen LogP contribution in [0.5, 0.6) is 0 Å². The third-order valence-electron chi connectivity index (χ3n) is 4.95. The molecule has 1 saturated heterocycles. The normalized spacial score (nSPS) is 17.3. The highest BCUT2D eigenvalue weighted by Gasteiger charge is 2.29. The Morgan fingerprint density at radius 2 is 2.00 bits per heavy atom. The van der Waals surface area contributed by atoms with Crippen molar-refractivity contribution in [3.63, 3.8) is 0 Å². The number of aryl methyl sites for hydroxylation is 2. The first-order valence-electron chi connectivity index (χ1n) is 8.42. The number of benzene rings is 1. The van der Waals surface area contributed by atoms with Gasteiger partial charge in [-0.2, -0.15) is 5.10 Å². The van der Waals surface area contributed by atoms with E-state index < -0.39 is 6.10 Å². The van der Waals surface area contributed by atoms with Crippen LogP contribution in [0.25, 0.3) is 11.0 Å². The highest BCUT2D eigenvalue weighted by atomic mass is 16.3. The Bertz CT molecular complexity index is 833. The molecule has 24 heavy (non-hydrogen) atoms. The zero-order chi connectivity index (χ0) is 16.7. The molecular weight excluding hydrogens is 302 g/mol. The Hall–Kier alpha value is -2.18. The van der Waals surface area contributed by atoms with Gasteiger partial charge in [-0.1, -0.05) is 0 Å². The lowest BCUT2D eigenvalue weighted by Crippen LogP contribution is -2.51. The number of aliphatic hydroxyl groups excluding tert-OH is 1. The number of aromatic nitrogens is 4. The highest BCUT2D eigenvalue weighted by molar-refractivity contribution is 5.77. The molecule has 4 rings (SSSR count). The van der Waals surface area contributed by atoms with Gasteiger partial charge in [-0.05, 0) is 43.2 Å². The number of rotatable bonds is 5. The van der Waals surface area contributed by atoms with Crippen LogP contribution in [0.1, 0.15) is 17.2 Å². The summed E-state index contributed by atoms with van der Waals surface area (Å²) in [6, 6.07) is 6.65. The van der Waals surface area contributed by atoms with Crippen LogP contribution in [0.15, 0.2) is 36.9 Å². The lowest BCUT2D eigenvalue weighted by atomic mass is 10.1. The summed E-state index contributed by atoms with van der Waals surface area (Å²) in [6.45, 7) is 7.36. The van der Waals surface area contributed by atoms with E-state index in [1.165, 1.54) is 11.1 Å². The van der Waals surface area contributed by atoms with Gasteiger partial charge < -0.3 is 9.67 Å². The number of imidazole rings is 1. The minimum atomic E-state index is -0.400. The van der Waals surface area contributed by atoms with Crippen LogP contribution in [-0.2, 0) is 6.54 Å². The van der Waals surface area contributed by atoms with E-state index in [9.17, 15) is 5.11 Å². The fourth-order valence-corrected chi connectivity index (χ4v) is 3.40. The molecule has 0 radical (unpaired) electrons. The van der Waals surface area contributed by atoms with Gasteiger partial charge in [-0.3, -0.25) is 9.58 Å². The summed E-state index contributed by atoms with van der Waals surface area (Å²) in [4.78, 5) is 6.73. The second kappa shape index (κ2) is 6.03. The lowest BCUT2D eigenvalue weighted by molar-refractivity contribution is 0.0344. The molecule has 126 valence electrons. The van der Waals surface area contributed by atoms with Crippen molar-refractivity contribution in [3.05, 3.63) is 48.0 Å². The Labute approximate surface area is 141 Å². The summed E-state index contributed by atoms with van der Waals surface area (Å²) in [5, 5.41) is 14.7. The van der Waals surface area contributed by atoms with E-state index >= 15 is 0 Å². The number of β-amino-alcohol motifs (C(OH)–C–C–N with tert-alkyl or cyclic N) is 1. The molecule has 6 heteroatoms. The van der Waals surface area contributed by atoms with Gasteiger partial charge >= 0.3 is 0 Å². The largest absolute Gasteiger partial charge is 0.390 e. The molecule has 0 bridgehead atoms.